The fourth-order valence-corrected chi connectivity index (χ4v) is 5.46. The highest BCUT2D eigenvalue weighted by atomic mass is 35.5. The first kappa shape index (κ1) is 24.1. The number of halogens is 1. The summed E-state index contributed by atoms with van der Waals surface area (Å²) in [4.78, 5) is 24.7. The number of anilines is 1. The second-order valence-corrected chi connectivity index (χ2v) is 10.2. The maximum Gasteiger partial charge on any atom is 0.323 e. The number of aliphatic hydroxyl groups is 1. The van der Waals surface area contributed by atoms with Gasteiger partial charge in [0, 0.05) is 17.8 Å². The van der Waals surface area contributed by atoms with Crippen LogP contribution in [-0.2, 0) is 6.42 Å². The molecule has 1 aliphatic rings. The smallest absolute Gasteiger partial charge is 0.323 e. The molecule has 1 aromatic carbocycles. The van der Waals surface area contributed by atoms with Crippen molar-refractivity contribution >= 4 is 34.1 Å². The SMILES string of the molecule is CCc1cc(-c2sc(NC(=O)N3CCC[C@@H]3C(C)(C)O)nc2-c2cccc(C#N)c2)cc(Cl)n1. The van der Waals surface area contributed by atoms with Gasteiger partial charge in [-0.25, -0.2) is 14.8 Å². The van der Waals surface area contributed by atoms with Crippen LogP contribution < -0.4 is 5.32 Å². The summed E-state index contributed by atoms with van der Waals surface area (Å²) in [6, 6.07) is 12.6. The number of hydrogen-bond acceptors (Lipinski definition) is 6. The molecule has 1 saturated heterocycles. The van der Waals surface area contributed by atoms with Gasteiger partial charge in [0.25, 0.3) is 0 Å². The first-order chi connectivity index (χ1) is 16.2. The standard InChI is InChI=1S/C25H26ClN5O2S/c1-4-18-12-17(13-20(26)28-18)22-21(16-8-5-7-15(11-16)14-27)29-23(34-22)30-24(32)31-10-6-9-19(31)25(2,3)33/h5,7-8,11-13,19,33H,4,6,9-10H2,1-3H3,(H,29,30,32)/t19-/m1/s1. The number of amides is 2. The predicted molar refractivity (Wildman–Crippen MR) is 135 cm³/mol. The molecule has 0 spiro atoms. The zero-order valence-corrected chi connectivity index (χ0v) is 20.9. The van der Waals surface area contributed by atoms with E-state index in [1.54, 1.807) is 36.9 Å². The molecule has 34 heavy (non-hydrogen) atoms. The molecular weight excluding hydrogens is 470 g/mol. The quantitative estimate of drug-likeness (QED) is 0.440. The predicted octanol–water partition coefficient (Wildman–Crippen LogP) is 5.73. The Bertz CT molecular complexity index is 1260. The van der Waals surface area contributed by atoms with Crippen LogP contribution in [0.3, 0.4) is 0 Å². The number of nitriles is 1. The normalized spacial score (nSPS) is 15.9. The third-order valence-corrected chi connectivity index (χ3v) is 7.12. The number of aryl methyl sites for hydroxylation is 1. The van der Waals surface area contributed by atoms with Gasteiger partial charge in [0.1, 0.15) is 5.15 Å². The van der Waals surface area contributed by atoms with Crippen molar-refractivity contribution in [2.24, 2.45) is 0 Å². The number of pyridine rings is 1. The van der Waals surface area contributed by atoms with Crippen LogP contribution in [0.4, 0.5) is 9.93 Å². The molecule has 176 valence electrons. The topological polar surface area (TPSA) is 102 Å². The first-order valence-electron chi connectivity index (χ1n) is 11.2. The number of rotatable bonds is 5. The molecule has 3 aromatic rings. The molecule has 7 nitrogen and oxygen atoms in total. The molecule has 0 radical (unpaired) electrons. The molecule has 2 amide bonds. The van der Waals surface area contributed by atoms with Crippen molar-refractivity contribution in [2.45, 2.75) is 51.7 Å². The monoisotopic (exact) mass is 495 g/mol. The van der Waals surface area contributed by atoms with Gasteiger partial charge in [-0.3, -0.25) is 5.32 Å². The number of thiazole rings is 1. The van der Waals surface area contributed by atoms with Crippen LogP contribution in [0.2, 0.25) is 5.15 Å². The Labute approximate surface area is 208 Å². The van der Waals surface area contributed by atoms with Gasteiger partial charge in [-0.15, -0.1) is 0 Å². The minimum Gasteiger partial charge on any atom is -0.388 e. The number of aromatic nitrogens is 2. The Morgan fingerprint density at radius 2 is 2.12 bits per heavy atom. The summed E-state index contributed by atoms with van der Waals surface area (Å²) in [7, 11) is 0. The van der Waals surface area contributed by atoms with Crippen LogP contribution in [0.25, 0.3) is 21.7 Å². The highest BCUT2D eigenvalue weighted by Gasteiger charge is 2.38. The summed E-state index contributed by atoms with van der Waals surface area (Å²) in [5.41, 5.74) is 2.66. The lowest BCUT2D eigenvalue weighted by Gasteiger charge is -2.33. The molecule has 1 atom stereocenters. The Morgan fingerprint density at radius 1 is 1.32 bits per heavy atom. The minimum absolute atomic E-state index is 0.259. The molecule has 4 rings (SSSR count). The number of urea groups is 1. The van der Waals surface area contributed by atoms with Crippen LogP contribution >= 0.6 is 22.9 Å². The minimum atomic E-state index is -0.991. The summed E-state index contributed by atoms with van der Waals surface area (Å²) >= 11 is 7.63. The number of likely N-dealkylation sites (tertiary alicyclic amines) is 1. The Morgan fingerprint density at radius 3 is 2.82 bits per heavy atom. The highest BCUT2D eigenvalue weighted by molar-refractivity contribution is 7.19. The molecule has 1 aliphatic heterocycles. The average Bonchev–Trinajstić information content (AvgIpc) is 3.46. The van der Waals surface area contributed by atoms with Gasteiger partial charge in [0.2, 0.25) is 0 Å². The summed E-state index contributed by atoms with van der Waals surface area (Å²) in [5, 5.41) is 23.6. The molecule has 0 saturated carbocycles. The third kappa shape index (κ3) is 5.07. The number of nitrogens with zero attached hydrogens (tertiary/aromatic N) is 4. The van der Waals surface area contributed by atoms with E-state index in [2.05, 4.69) is 16.4 Å². The fraction of sp³-hybridized carbons (Fsp3) is 0.360. The molecule has 3 heterocycles. The van der Waals surface area contributed by atoms with Gasteiger partial charge in [-0.2, -0.15) is 5.26 Å². The second-order valence-electron chi connectivity index (χ2n) is 8.85. The van der Waals surface area contributed by atoms with Crippen molar-refractivity contribution < 1.29 is 9.90 Å². The lowest BCUT2D eigenvalue weighted by molar-refractivity contribution is 0.0117. The van der Waals surface area contributed by atoms with E-state index >= 15 is 0 Å². The summed E-state index contributed by atoms with van der Waals surface area (Å²) in [6.45, 7) is 6.04. The zero-order valence-electron chi connectivity index (χ0n) is 19.3. The Kier molecular flexibility index (Phi) is 6.89. The maximum atomic E-state index is 13.1. The van der Waals surface area contributed by atoms with Gasteiger partial charge in [0.05, 0.1) is 33.8 Å². The van der Waals surface area contributed by atoms with E-state index in [-0.39, 0.29) is 12.1 Å². The van der Waals surface area contributed by atoms with Crippen LogP contribution in [0.1, 0.15) is 44.9 Å². The number of benzene rings is 1. The van der Waals surface area contributed by atoms with Crippen molar-refractivity contribution in [1.29, 1.82) is 5.26 Å². The van der Waals surface area contributed by atoms with Gasteiger partial charge in [-0.1, -0.05) is 42.0 Å². The van der Waals surface area contributed by atoms with Crippen molar-refractivity contribution in [1.82, 2.24) is 14.9 Å². The molecule has 0 bridgehead atoms. The van der Waals surface area contributed by atoms with Crippen LogP contribution in [0.5, 0.6) is 0 Å². The van der Waals surface area contributed by atoms with Crippen molar-refractivity contribution in [3.63, 3.8) is 0 Å². The van der Waals surface area contributed by atoms with E-state index in [4.69, 9.17) is 16.6 Å². The van der Waals surface area contributed by atoms with Crippen LogP contribution in [0, 0.1) is 11.3 Å². The third-order valence-electron chi connectivity index (χ3n) is 5.91. The molecule has 0 unspecified atom stereocenters. The average molecular weight is 496 g/mol. The molecule has 1 fully saturated rings. The number of carbonyl (C=O) groups excluding carboxylic acids is 1. The van der Waals surface area contributed by atoms with Crippen LogP contribution in [0.15, 0.2) is 36.4 Å². The van der Waals surface area contributed by atoms with Gasteiger partial charge >= 0.3 is 6.03 Å². The van der Waals surface area contributed by atoms with Crippen molar-refractivity contribution in [3.8, 4) is 27.8 Å². The van der Waals surface area contributed by atoms with E-state index in [9.17, 15) is 15.2 Å². The molecule has 0 aliphatic carbocycles. The van der Waals surface area contributed by atoms with E-state index < -0.39 is 5.60 Å². The number of carbonyl (C=O) groups is 1. The Hall–Kier alpha value is -2.99. The lowest BCUT2D eigenvalue weighted by atomic mass is 9.97. The lowest BCUT2D eigenvalue weighted by Crippen LogP contribution is -2.49. The maximum absolute atomic E-state index is 13.1. The summed E-state index contributed by atoms with van der Waals surface area (Å²) in [5.74, 6) is 0. The summed E-state index contributed by atoms with van der Waals surface area (Å²) in [6.07, 6.45) is 2.32. The molecule has 9 heteroatoms. The van der Waals surface area contributed by atoms with E-state index in [0.29, 0.717) is 28.1 Å². The van der Waals surface area contributed by atoms with Gasteiger partial charge in [-0.05, 0) is 62.9 Å². The first-order valence-corrected chi connectivity index (χ1v) is 12.4. The van der Waals surface area contributed by atoms with Crippen LogP contribution in [-0.4, -0.2) is 44.2 Å². The van der Waals surface area contributed by atoms with Crippen molar-refractivity contribution in [2.75, 3.05) is 11.9 Å². The van der Waals surface area contributed by atoms with Gasteiger partial charge in [0.15, 0.2) is 5.13 Å². The second kappa shape index (κ2) is 9.71. The number of nitrogens with one attached hydrogen (secondary N) is 1. The van der Waals surface area contributed by atoms with E-state index in [1.165, 1.54) is 11.3 Å². The van der Waals surface area contributed by atoms with Crippen molar-refractivity contribution in [3.05, 3.63) is 52.8 Å². The molecule has 2 aromatic heterocycles. The largest absolute Gasteiger partial charge is 0.388 e. The summed E-state index contributed by atoms with van der Waals surface area (Å²) < 4.78 is 0. The highest BCUT2D eigenvalue weighted by Crippen LogP contribution is 2.40. The zero-order chi connectivity index (χ0) is 24.5. The van der Waals surface area contributed by atoms with E-state index in [0.717, 1.165) is 41.0 Å². The van der Waals surface area contributed by atoms with E-state index in [1.807, 2.05) is 25.1 Å². The molecular formula is C25H26ClN5O2S. The fourth-order valence-electron chi connectivity index (χ4n) is 4.27. The number of hydrogen-bond donors (Lipinski definition) is 2. The Balaban J connectivity index is 1.74. The van der Waals surface area contributed by atoms with Gasteiger partial charge < -0.3 is 10.0 Å². The molecule has 2 N–H and O–H groups in total.